The van der Waals surface area contributed by atoms with Gasteiger partial charge >= 0.3 is 5.97 Å². The number of rotatable bonds is 3. The Morgan fingerprint density at radius 1 is 1.67 bits per heavy atom. The van der Waals surface area contributed by atoms with Crippen molar-refractivity contribution in [1.29, 1.82) is 0 Å². The van der Waals surface area contributed by atoms with Crippen molar-refractivity contribution in [1.82, 2.24) is 0 Å². The van der Waals surface area contributed by atoms with Gasteiger partial charge in [-0.25, -0.2) is 4.79 Å². The van der Waals surface area contributed by atoms with Gasteiger partial charge in [-0.15, -0.1) is 0 Å². The van der Waals surface area contributed by atoms with Gasteiger partial charge in [-0.3, -0.25) is 0 Å². The van der Waals surface area contributed by atoms with E-state index < -0.39 is 12.1 Å². The molecule has 1 rings (SSSR count). The average Bonchev–Trinajstić information content (AvgIpc) is 2.22. The van der Waals surface area contributed by atoms with E-state index in [0.717, 1.165) is 10.0 Å². The van der Waals surface area contributed by atoms with Crippen molar-refractivity contribution in [2.24, 2.45) is 0 Å². The summed E-state index contributed by atoms with van der Waals surface area (Å²) < 4.78 is 5.22. The lowest BCUT2D eigenvalue weighted by atomic mass is 10.1. The van der Waals surface area contributed by atoms with Gasteiger partial charge in [-0.2, -0.15) is 0 Å². The van der Waals surface area contributed by atoms with E-state index >= 15 is 0 Å². The summed E-state index contributed by atoms with van der Waals surface area (Å²) in [5.74, 6) is -0.651. The smallest absolute Gasteiger partial charge is 0.335 e. The molecule has 3 nitrogen and oxygen atoms in total. The van der Waals surface area contributed by atoms with Crippen LogP contribution in [-0.4, -0.2) is 24.3 Å². The summed E-state index contributed by atoms with van der Waals surface area (Å²) in [6.45, 7) is 0. The van der Waals surface area contributed by atoms with E-state index in [0.29, 0.717) is 5.02 Å². The van der Waals surface area contributed by atoms with Gasteiger partial charge in [0.15, 0.2) is 6.10 Å². The third-order valence-corrected chi connectivity index (χ3v) is 2.90. The minimum atomic E-state index is -1.16. The summed E-state index contributed by atoms with van der Waals surface area (Å²) in [6.07, 6.45) is -0.988. The highest BCUT2D eigenvalue weighted by Crippen LogP contribution is 2.22. The number of ether oxygens (including phenoxy) is 1. The zero-order valence-corrected chi connectivity index (χ0v) is 10.4. The van der Waals surface area contributed by atoms with Gasteiger partial charge < -0.3 is 9.84 Å². The third kappa shape index (κ3) is 3.48. The highest BCUT2D eigenvalue weighted by Gasteiger charge is 2.17. The molecule has 0 aliphatic heterocycles. The van der Waals surface area contributed by atoms with E-state index in [-0.39, 0.29) is 6.42 Å². The first-order valence-corrected chi connectivity index (χ1v) is 5.41. The van der Waals surface area contributed by atoms with Crippen LogP contribution in [0.15, 0.2) is 22.7 Å². The van der Waals surface area contributed by atoms with Gasteiger partial charge in [0, 0.05) is 15.9 Å². The number of hydrogen-bond donors (Lipinski definition) is 1. The maximum Gasteiger partial charge on any atom is 0.335 e. The molecule has 0 radical (unpaired) electrons. The zero-order chi connectivity index (χ0) is 11.4. The molecule has 0 amide bonds. The molecule has 0 saturated heterocycles. The van der Waals surface area contributed by atoms with Crippen molar-refractivity contribution in [3.63, 3.8) is 0 Å². The largest absolute Gasteiger partial charge is 0.467 e. The lowest BCUT2D eigenvalue weighted by Crippen LogP contribution is -2.24. The lowest BCUT2D eigenvalue weighted by molar-refractivity contribution is -0.150. The second-order valence-electron chi connectivity index (χ2n) is 2.98. The van der Waals surface area contributed by atoms with Crippen molar-refractivity contribution in [3.8, 4) is 0 Å². The van der Waals surface area contributed by atoms with Crippen LogP contribution in [0.3, 0.4) is 0 Å². The van der Waals surface area contributed by atoms with Crippen molar-refractivity contribution in [2.45, 2.75) is 12.5 Å². The number of benzene rings is 1. The average molecular weight is 294 g/mol. The third-order valence-electron chi connectivity index (χ3n) is 1.89. The fourth-order valence-electron chi connectivity index (χ4n) is 1.13. The monoisotopic (exact) mass is 292 g/mol. The molecule has 0 aromatic heterocycles. The molecule has 82 valence electrons. The summed E-state index contributed by atoms with van der Waals surface area (Å²) >= 11 is 9.10. The molecule has 0 aliphatic carbocycles. The second-order valence-corrected chi connectivity index (χ2v) is 4.27. The Balaban J connectivity index is 2.80. The van der Waals surface area contributed by atoms with Crippen molar-refractivity contribution >= 4 is 33.5 Å². The summed E-state index contributed by atoms with van der Waals surface area (Å²) in [6, 6.07) is 5.18. The van der Waals surface area contributed by atoms with Gasteiger partial charge in [0.1, 0.15) is 0 Å². The van der Waals surface area contributed by atoms with Gasteiger partial charge in [-0.05, 0) is 23.8 Å². The molecular formula is C10H10BrClO3. The Hall–Kier alpha value is -0.580. The molecule has 0 bridgehead atoms. The van der Waals surface area contributed by atoms with Crippen molar-refractivity contribution < 1.29 is 14.6 Å². The van der Waals surface area contributed by atoms with Gasteiger partial charge in [0.05, 0.1) is 7.11 Å². The maximum absolute atomic E-state index is 11.0. The molecule has 5 heteroatoms. The molecule has 1 aromatic rings. The Morgan fingerprint density at radius 3 is 2.93 bits per heavy atom. The number of hydrogen-bond acceptors (Lipinski definition) is 3. The molecule has 1 unspecified atom stereocenters. The van der Waals surface area contributed by atoms with Crippen LogP contribution in [0.1, 0.15) is 5.56 Å². The number of carbonyl (C=O) groups excluding carboxylic acids is 1. The Labute approximate surface area is 101 Å². The molecule has 1 aromatic carbocycles. The maximum atomic E-state index is 11.0. The molecule has 0 aliphatic rings. The Kier molecular flexibility index (Phi) is 4.57. The molecule has 0 fully saturated rings. The quantitative estimate of drug-likeness (QED) is 0.869. The van der Waals surface area contributed by atoms with Crippen LogP contribution in [0.4, 0.5) is 0 Å². The highest BCUT2D eigenvalue weighted by atomic mass is 79.9. The van der Waals surface area contributed by atoms with E-state index in [9.17, 15) is 9.90 Å². The first kappa shape index (κ1) is 12.5. The first-order chi connectivity index (χ1) is 7.04. The molecule has 0 heterocycles. The fraction of sp³-hybridized carbons (Fsp3) is 0.300. The number of esters is 1. The molecule has 1 N–H and O–H groups in total. The predicted molar refractivity (Wildman–Crippen MR) is 60.9 cm³/mol. The van der Waals surface area contributed by atoms with E-state index in [2.05, 4.69) is 20.7 Å². The minimum Gasteiger partial charge on any atom is -0.467 e. The zero-order valence-electron chi connectivity index (χ0n) is 8.04. The SMILES string of the molecule is COC(=O)C(O)Cc1cc(Cl)ccc1Br. The van der Waals surface area contributed by atoms with Crippen LogP contribution in [-0.2, 0) is 16.0 Å². The normalized spacial score (nSPS) is 12.3. The van der Waals surface area contributed by atoms with E-state index in [4.69, 9.17) is 11.6 Å². The number of halogens is 2. The van der Waals surface area contributed by atoms with Gasteiger partial charge in [-0.1, -0.05) is 27.5 Å². The number of carbonyl (C=O) groups is 1. The standard InChI is InChI=1S/C10H10BrClO3/c1-15-10(14)9(13)5-6-4-7(12)2-3-8(6)11/h2-4,9,13H,5H2,1H3. The van der Waals surface area contributed by atoms with E-state index in [1.54, 1.807) is 18.2 Å². The molecule has 0 spiro atoms. The Bertz CT molecular complexity index is 368. The summed E-state index contributed by atoms with van der Waals surface area (Å²) in [4.78, 5) is 11.0. The van der Waals surface area contributed by atoms with Crippen molar-refractivity contribution in [2.75, 3.05) is 7.11 Å². The van der Waals surface area contributed by atoms with Crippen molar-refractivity contribution in [3.05, 3.63) is 33.3 Å². The number of aliphatic hydroxyl groups is 1. The van der Waals surface area contributed by atoms with E-state index in [1.807, 2.05) is 0 Å². The van der Waals surface area contributed by atoms with Crippen LogP contribution in [0.25, 0.3) is 0 Å². The summed E-state index contributed by atoms with van der Waals surface area (Å²) in [5.41, 5.74) is 0.764. The van der Waals surface area contributed by atoms with Crippen LogP contribution >= 0.6 is 27.5 Å². The van der Waals surface area contributed by atoms with Crippen LogP contribution in [0.2, 0.25) is 5.02 Å². The molecule has 15 heavy (non-hydrogen) atoms. The van der Waals surface area contributed by atoms with Crippen LogP contribution in [0.5, 0.6) is 0 Å². The number of methoxy groups -OCH3 is 1. The highest BCUT2D eigenvalue weighted by molar-refractivity contribution is 9.10. The molecule has 1 atom stereocenters. The predicted octanol–water partition coefficient (Wildman–Crippen LogP) is 2.18. The second kappa shape index (κ2) is 5.49. The topological polar surface area (TPSA) is 46.5 Å². The molecule has 0 saturated carbocycles. The lowest BCUT2D eigenvalue weighted by Gasteiger charge is -2.09. The van der Waals surface area contributed by atoms with Crippen LogP contribution < -0.4 is 0 Å². The first-order valence-electron chi connectivity index (χ1n) is 4.24. The summed E-state index contributed by atoms with van der Waals surface area (Å²) in [7, 11) is 1.23. The van der Waals surface area contributed by atoms with Gasteiger partial charge in [0.2, 0.25) is 0 Å². The number of aliphatic hydroxyl groups excluding tert-OH is 1. The summed E-state index contributed by atoms with van der Waals surface area (Å²) in [5, 5.41) is 10.0. The Morgan fingerprint density at radius 2 is 2.33 bits per heavy atom. The van der Waals surface area contributed by atoms with Crippen LogP contribution in [0, 0.1) is 0 Å². The van der Waals surface area contributed by atoms with Gasteiger partial charge in [0.25, 0.3) is 0 Å². The van der Waals surface area contributed by atoms with E-state index in [1.165, 1.54) is 7.11 Å². The fourth-order valence-corrected chi connectivity index (χ4v) is 1.73. The minimum absolute atomic E-state index is 0.174. The molecular weight excluding hydrogens is 283 g/mol.